The summed E-state index contributed by atoms with van der Waals surface area (Å²) >= 11 is 4.75. The zero-order chi connectivity index (χ0) is 14.7. The number of methoxy groups -OCH3 is 1. The molecule has 0 bridgehead atoms. The lowest BCUT2D eigenvalue weighted by Gasteiger charge is -2.15. The van der Waals surface area contributed by atoms with Crippen molar-refractivity contribution in [2.75, 3.05) is 33.5 Å². The largest absolute Gasteiger partial charge is 0.392 e. The average molecular weight is 312 g/mol. The van der Waals surface area contributed by atoms with E-state index in [1.165, 1.54) is 0 Å². The molecule has 0 saturated carbocycles. The van der Waals surface area contributed by atoms with Gasteiger partial charge in [-0.25, -0.2) is 13.1 Å². The van der Waals surface area contributed by atoms with E-state index in [0.29, 0.717) is 39.2 Å². The van der Waals surface area contributed by atoms with Crippen molar-refractivity contribution in [1.82, 2.24) is 4.72 Å². The van der Waals surface area contributed by atoms with Crippen molar-refractivity contribution in [2.24, 2.45) is 5.73 Å². The zero-order valence-electron chi connectivity index (χ0n) is 11.6. The summed E-state index contributed by atoms with van der Waals surface area (Å²) in [5.41, 5.74) is 5.41. The maximum Gasteiger partial charge on any atom is 0.220 e. The molecule has 0 aliphatic heterocycles. The van der Waals surface area contributed by atoms with Crippen LogP contribution in [0.3, 0.4) is 0 Å². The summed E-state index contributed by atoms with van der Waals surface area (Å²) in [5, 5.41) is -0.791. The first-order chi connectivity index (χ1) is 8.95. The number of rotatable bonds is 12. The molecule has 0 saturated heterocycles. The van der Waals surface area contributed by atoms with E-state index in [1.54, 1.807) is 14.0 Å². The lowest BCUT2D eigenvalue weighted by atomic mass is 10.3. The minimum absolute atomic E-state index is 0.0119. The number of hydrogen-bond acceptors (Lipinski definition) is 5. The van der Waals surface area contributed by atoms with Gasteiger partial charge in [0.05, 0.1) is 18.2 Å². The third-order valence-corrected chi connectivity index (χ3v) is 4.89. The Bertz CT molecular complexity index is 347. The van der Waals surface area contributed by atoms with Crippen molar-refractivity contribution in [1.29, 1.82) is 0 Å². The average Bonchev–Trinajstić information content (AvgIpc) is 2.32. The summed E-state index contributed by atoms with van der Waals surface area (Å²) in [6.07, 6.45) is 1.88. The van der Waals surface area contributed by atoms with Crippen LogP contribution in [0, 0.1) is 0 Å². The molecule has 3 N–H and O–H groups in total. The Morgan fingerprint density at radius 2 is 2.00 bits per heavy atom. The van der Waals surface area contributed by atoms with Crippen LogP contribution in [0.4, 0.5) is 0 Å². The third kappa shape index (κ3) is 8.48. The summed E-state index contributed by atoms with van der Waals surface area (Å²) in [5.74, 6) is 0. The van der Waals surface area contributed by atoms with Gasteiger partial charge in [0, 0.05) is 20.3 Å². The first kappa shape index (κ1) is 18.7. The number of nitrogens with one attached hydrogen (secondary N) is 1. The van der Waals surface area contributed by atoms with E-state index in [4.69, 9.17) is 27.4 Å². The van der Waals surface area contributed by atoms with Crippen LogP contribution in [0.15, 0.2) is 0 Å². The molecule has 0 aromatic carbocycles. The quantitative estimate of drug-likeness (QED) is 0.401. The van der Waals surface area contributed by atoms with Gasteiger partial charge in [0.15, 0.2) is 0 Å². The molecular weight excluding hydrogens is 288 g/mol. The molecule has 0 aliphatic rings. The standard InChI is InChI=1S/C11H24N2O4S2/c1-3-10(11(12)18)19(14,15)13-6-4-5-7-17-9-8-16-2/h10,13H,3-9H2,1-2H3,(H2,12,18). The van der Waals surface area contributed by atoms with E-state index < -0.39 is 15.3 Å². The highest BCUT2D eigenvalue weighted by Crippen LogP contribution is 2.05. The minimum atomic E-state index is -3.45. The maximum atomic E-state index is 11.9. The Balaban J connectivity index is 3.78. The van der Waals surface area contributed by atoms with Gasteiger partial charge < -0.3 is 15.2 Å². The van der Waals surface area contributed by atoms with Gasteiger partial charge >= 0.3 is 0 Å². The number of unbranched alkanes of at least 4 members (excludes halogenated alkanes) is 1. The maximum absolute atomic E-state index is 11.9. The Labute approximate surface area is 121 Å². The fourth-order valence-corrected chi connectivity index (χ4v) is 3.38. The molecule has 0 aromatic rings. The van der Waals surface area contributed by atoms with E-state index in [9.17, 15) is 8.42 Å². The summed E-state index contributed by atoms with van der Waals surface area (Å²) in [6, 6.07) is 0. The van der Waals surface area contributed by atoms with Gasteiger partial charge in [0.1, 0.15) is 5.25 Å². The first-order valence-corrected chi connectivity index (χ1v) is 8.25. The normalized spacial score (nSPS) is 13.4. The zero-order valence-corrected chi connectivity index (χ0v) is 13.2. The molecule has 0 aliphatic carbocycles. The van der Waals surface area contributed by atoms with E-state index in [-0.39, 0.29) is 4.99 Å². The van der Waals surface area contributed by atoms with E-state index in [0.717, 1.165) is 6.42 Å². The number of thiocarbonyl (C=S) groups is 1. The lowest BCUT2D eigenvalue weighted by Crippen LogP contribution is -2.41. The van der Waals surface area contributed by atoms with Crippen molar-refractivity contribution >= 4 is 27.2 Å². The topological polar surface area (TPSA) is 90.7 Å². The second kappa shape index (κ2) is 10.5. The highest BCUT2D eigenvalue weighted by atomic mass is 32.2. The van der Waals surface area contributed by atoms with E-state index >= 15 is 0 Å². The van der Waals surface area contributed by atoms with Gasteiger partial charge in [0.25, 0.3) is 0 Å². The van der Waals surface area contributed by atoms with Gasteiger partial charge in [-0.05, 0) is 19.3 Å². The first-order valence-electron chi connectivity index (χ1n) is 6.30. The van der Waals surface area contributed by atoms with Gasteiger partial charge in [-0.1, -0.05) is 19.1 Å². The number of nitrogens with two attached hydrogens (primary N) is 1. The van der Waals surface area contributed by atoms with Gasteiger partial charge in [0.2, 0.25) is 10.0 Å². The van der Waals surface area contributed by atoms with Crippen molar-refractivity contribution < 1.29 is 17.9 Å². The molecule has 19 heavy (non-hydrogen) atoms. The van der Waals surface area contributed by atoms with E-state index in [2.05, 4.69) is 4.72 Å². The Hall–Kier alpha value is -0.280. The van der Waals surface area contributed by atoms with Crippen LogP contribution < -0.4 is 10.5 Å². The molecule has 0 fully saturated rings. The molecule has 0 heterocycles. The summed E-state index contributed by atoms with van der Waals surface area (Å²) in [6.45, 7) is 3.83. The Kier molecular flexibility index (Phi) is 10.3. The van der Waals surface area contributed by atoms with Crippen LogP contribution >= 0.6 is 12.2 Å². The molecule has 0 spiro atoms. The van der Waals surface area contributed by atoms with Gasteiger partial charge in [-0.2, -0.15) is 0 Å². The molecule has 6 nitrogen and oxygen atoms in total. The predicted octanol–water partition coefficient (Wildman–Crippen LogP) is 0.414. The lowest BCUT2D eigenvalue weighted by molar-refractivity contribution is 0.0689. The molecule has 0 amide bonds. The Morgan fingerprint density at radius 3 is 2.53 bits per heavy atom. The summed E-state index contributed by atoms with van der Waals surface area (Å²) < 4.78 is 36.3. The fraction of sp³-hybridized carbons (Fsp3) is 0.909. The molecule has 1 atom stereocenters. The molecule has 8 heteroatoms. The van der Waals surface area contributed by atoms with Crippen LogP contribution in [0.2, 0.25) is 0 Å². The Morgan fingerprint density at radius 1 is 1.32 bits per heavy atom. The SMILES string of the molecule is CCC(C(N)=S)S(=O)(=O)NCCCCOCCOC. The van der Waals surface area contributed by atoms with Crippen molar-refractivity contribution in [3.05, 3.63) is 0 Å². The number of ether oxygens (including phenoxy) is 2. The molecule has 114 valence electrons. The third-order valence-electron chi connectivity index (χ3n) is 2.51. The van der Waals surface area contributed by atoms with Crippen LogP contribution in [0.1, 0.15) is 26.2 Å². The van der Waals surface area contributed by atoms with Crippen LogP contribution in [-0.4, -0.2) is 52.1 Å². The predicted molar refractivity (Wildman–Crippen MR) is 79.7 cm³/mol. The highest BCUT2D eigenvalue weighted by Gasteiger charge is 2.25. The van der Waals surface area contributed by atoms with Gasteiger partial charge in [-0.15, -0.1) is 0 Å². The van der Waals surface area contributed by atoms with E-state index in [1.807, 2.05) is 0 Å². The molecule has 1 unspecified atom stereocenters. The summed E-state index contributed by atoms with van der Waals surface area (Å²) in [7, 11) is -1.83. The summed E-state index contributed by atoms with van der Waals surface area (Å²) in [4.78, 5) is 0.0119. The molecule has 0 radical (unpaired) electrons. The van der Waals surface area contributed by atoms with Gasteiger partial charge in [-0.3, -0.25) is 0 Å². The fourth-order valence-electron chi connectivity index (χ4n) is 1.46. The smallest absolute Gasteiger partial charge is 0.220 e. The highest BCUT2D eigenvalue weighted by molar-refractivity contribution is 7.93. The molecule has 0 aromatic heterocycles. The van der Waals surface area contributed by atoms with Crippen LogP contribution in [0.25, 0.3) is 0 Å². The second-order valence-electron chi connectivity index (χ2n) is 4.05. The number of hydrogen-bond donors (Lipinski definition) is 2. The molecular formula is C11H24N2O4S2. The van der Waals surface area contributed by atoms with Crippen molar-refractivity contribution in [3.63, 3.8) is 0 Å². The minimum Gasteiger partial charge on any atom is -0.392 e. The monoisotopic (exact) mass is 312 g/mol. The molecule has 0 rings (SSSR count). The van der Waals surface area contributed by atoms with Crippen molar-refractivity contribution in [2.45, 2.75) is 31.4 Å². The van der Waals surface area contributed by atoms with Crippen LogP contribution in [-0.2, 0) is 19.5 Å². The number of sulfonamides is 1. The second-order valence-corrected chi connectivity index (χ2v) is 6.47. The van der Waals surface area contributed by atoms with Crippen LogP contribution in [0.5, 0.6) is 0 Å². The van der Waals surface area contributed by atoms with Crippen molar-refractivity contribution in [3.8, 4) is 0 Å².